The monoisotopic (exact) mass is 542 g/mol. The molecule has 0 aliphatic carbocycles. The predicted octanol–water partition coefficient (Wildman–Crippen LogP) is 5.82. The molecule has 7 heteroatoms. The molecule has 1 aliphatic heterocycles. The van der Waals surface area contributed by atoms with Gasteiger partial charge in [0.2, 0.25) is 0 Å². The van der Waals surface area contributed by atoms with E-state index in [0.29, 0.717) is 37.6 Å². The van der Waals surface area contributed by atoms with Crippen molar-refractivity contribution in [2.24, 2.45) is 0 Å². The van der Waals surface area contributed by atoms with Gasteiger partial charge < -0.3 is 24.4 Å². The van der Waals surface area contributed by atoms with Gasteiger partial charge >= 0.3 is 0 Å². The highest BCUT2D eigenvalue weighted by molar-refractivity contribution is 6.46. The van der Waals surface area contributed by atoms with E-state index in [1.165, 1.54) is 0 Å². The first kappa shape index (κ1) is 28.9. The van der Waals surface area contributed by atoms with Crippen LogP contribution >= 0.6 is 0 Å². The quantitative estimate of drug-likeness (QED) is 0.167. The van der Waals surface area contributed by atoms with Crippen LogP contribution in [0.2, 0.25) is 0 Å². The molecule has 3 aromatic rings. The summed E-state index contributed by atoms with van der Waals surface area (Å²) in [4.78, 5) is 30.4. The number of carbonyl (C=O) groups excluding carboxylic acids is 2. The second kappa shape index (κ2) is 13.8. The molecule has 1 heterocycles. The fraction of sp³-hybridized carbons (Fsp3) is 0.333. The number of hydrogen-bond donors (Lipinski definition) is 1. The van der Waals surface area contributed by atoms with Gasteiger partial charge in [0.1, 0.15) is 23.9 Å². The third-order valence-electron chi connectivity index (χ3n) is 7.14. The van der Waals surface area contributed by atoms with Gasteiger partial charge in [-0.3, -0.25) is 9.59 Å². The molecule has 0 bridgehead atoms. The summed E-state index contributed by atoms with van der Waals surface area (Å²) in [5, 5.41) is 11.4. The Morgan fingerprint density at radius 1 is 0.850 bits per heavy atom. The molecule has 1 N–H and O–H groups in total. The lowest BCUT2D eigenvalue weighted by molar-refractivity contribution is -0.140. The molecule has 1 unspecified atom stereocenters. The van der Waals surface area contributed by atoms with Gasteiger partial charge in [-0.2, -0.15) is 0 Å². The molecule has 1 amide bonds. The lowest BCUT2D eigenvalue weighted by Crippen LogP contribution is -2.38. The van der Waals surface area contributed by atoms with Crippen molar-refractivity contribution in [3.05, 3.63) is 101 Å². The Morgan fingerprint density at radius 3 is 2.10 bits per heavy atom. The zero-order chi connectivity index (χ0) is 28.5. The van der Waals surface area contributed by atoms with E-state index in [1.807, 2.05) is 61.5 Å². The first-order valence-corrected chi connectivity index (χ1v) is 14.0. The average molecular weight is 543 g/mol. The number of aliphatic hydroxyl groups is 1. The maximum atomic E-state index is 13.4. The molecule has 0 aromatic heterocycles. The zero-order valence-electron chi connectivity index (χ0n) is 23.5. The fourth-order valence-electron chi connectivity index (χ4n) is 4.82. The number of rotatable bonds is 13. The van der Waals surface area contributed by atoms with Crippen molar-refractivity contribution in [1.29, 1.82) is 0 Å². The highest BCUT2D eigenvalue weighted by atomic mass is 16.5. The Hall–Kier alpha value is -4.10. The Morgan fingerprint density at radius 2 is 1.48 bits per heavy atom. The van der Waals surface area contributed by atoms with Crippen LogP contribution in [0.1, 0.15) is 49.9 Å². The molecule has 3 aromatic carbocycles. The van der Waals surface area contributed by atoms with Crippen molar-refractivity contribution in [1.82, 2.24) is 9.80 Å². The second-order valence-electron chi connectivity index (χ2n) is 9.74. The number of amides is 1. The zero-order valence-corrected chi connectivity index (χ0v) is 23.5. The van der Waals surface area contributed by atoms with E-state index in [0.717, 1.165) is 36.4 Å². The number of carbonyl (C=O) groups is 2. The number of benzene rings is 3. The summed E-state index contributed by atoms with van der Waals surface area (Å²) in [7, 11) is 0. The van der Waals surface area contributed by atoms with Crippen molar-refractivity contribution in [2.75, 3.05) is 32.8 Å². The van der Waals surface area contributed by atoms with E-state index in [1.54, 1.807) is 29.2 Å². The lowest BCUT2D eigenvalue weighted by Gasteiger charge is -2.28. The van der Waals surface area contributed by atoms with Gasteiger partial charge in [0.15, 0.2) is 0 Å². The van der Waals surface area contributed by atoms with Gasteiger partial charge in [0, 0.05) is 18.7 Å². The maximum Gasteiger partial charge on any atom is 0.295 e. The van der Waals surface area contributed by atoms with Crippen LogP contribution < -0.4 is 9.47 Å². The topological polar surface area (TPSA) is 79.3 Å². The lowest BCUT2D eigenvalue weighted by atomic mass is 9.95. The third-order valence-corrected chi connectivity index (χ3v) is 7.14. The number of ketones is 1. The Bertz CT molecular complexity index is 1300. The number of likely N-dealkylation sites (N-methyl/N-ethyl adjacent to an activating group) is 1. The standard InChI is InChI=1S/C33H38N2O5/c1-4-22-39-27-16-12-25(13-17-27)30-29(32(37)33(38)35(30)21-20-34(5-2)6-3)31(36)26-14-18-28(19-15-26)40-23-24-10-8-7-9-11-24/h7-19,30,36H,4-6,20-23H2,1-3H3/b31-29+. The van der Waals surface area contributed by atoms with Gasteiger partial charge in [-0.1, -0.05) is 63.2 Å². The minimum Gasteiger partial charge on any atom is -0.507 e. The Kier molecular flexibility index (Phi) is 9.97. The molecule has 0 spiro atoms. The molecule has 1 aliphatic rings. The molecular formula is C33H38N2O5. The van der Waals surface area contributed by atoms with Crippen LogP contribution in [0.15, 0.2) is 84.4 Å². The highest BCUT2D eigenvalue weighted by Gasteiger charge is 2.46. The van der Waals surface area contributed by atoms with Gasteiger partial charge in [-0.15, -0.1) is 0 Å². The van der Waals surface area contributed by atoms with Crippen LogP contribution in [0, 0.1) is 0 Å². The van der Waals surface area contributed by atoms with Crippen LogP contribution in [0.4, 0.5) is 0 Å². The van der Waals surface area contributed by atoms with Crippen LogP contribution in [-0.2, 0) is 16.2 Å². The minimum absolute atomic E-state index is 0.0877. The van der Waals surface area contributed by atoms with Crippen molar-refractivity contribution < 1.29 is 24.2 Å². The normalized spacial score (nSPS) is 16.5. The number of Topliss-reactive ketones (excluding diaryl/α,β-unsaturated/α-hetero) is 1. The fourth-order valence-corrected chi connectivity index (χ4v) is 4.82. The molecule has 40 heavy (non-hydrogen) atoms. The summed E-state index contributed by atoms with van der Waals surface area (Å²) in [5.41, 5.74) is 2.32. The van der Waals surface area contributed by atoms with E-state index >= 15 is 0 Å². The van der Waals surface area contributed by atoms with Gasteiger partial charge in [-0.25, -0.2) is 0 Å². The molecule has 4 rings (SSSR count). The summed E-state index contributed by atoms with van der Waals surface area (Å²) in [6.45, 7) is 9.87. The van der Waals surface area contributed by atoms with Crippen LogP contribution in [0.3, 0.4) is 0 Å². The van der Waals surface area contributed by atoms with E-state index in [4.69, 9.17) is 9.47 Å². The summed E-state index contributed by atoms with van der Waals surface area (Å²) >= 11 is 0. The Balaban J connectivity index is 1.64. The number of nitrogens with zero attached hydrogens (tertiary/aromatic N) is 2. The summed E-state index contributed by atoms with van der Waals surface area (Å²) < 4.78 is 11.6. The Labute approximate surface area is 236 Å². The molecule has 7 nitrogen and oxygen atoms in total. The third kappa shape index (κ3) is 6.72. The smallest absolute Gasteiger partial charge is 0.295 e. The average Bonchev–Trinajstić information content (AvgIpc) is 3.25. The van der Waals surface area contributed by atoms with E-state index in [-0.39, 0.29) is 11.3 Å². The SMILES string of the molecule is CCCOc1ccc(C2/C(=C(\O)c3ccc(OCc4ccccc4)cc3)C(=O)C(=O)N2CCN(CC)CC)cc1. The predicted molar refractivity (Wildman–Crippen MR) is 156 cm³/mol. The van der Waals surface area contributed by atoms with Gasteiger partial charge in [0.05, 0.1) is 18.2 Å². The molecule has 0 saturated carbocycles. The van der Waals surface area contributed by atoms with E-state index < -0.39 is 17.7 Å². The van der Waals surface area contributed by atoms with Gasteiger partial charge in [-0.05, 0) is 67.0 Å². The van der Waals surface area contributed by atoms with Crippen LogP contribution in [-0.4, -0.2) is 59.4 Å². The maximum absolute atomic E-state index is 13.4. The highest BCUT2D eigenvalue weighted by Crippen LogP contribution is 2.40. The molecule has 1 fully saturated rings. The van der Waals surface area contributed by atoms with Crippen molar-refractivity contribution in [2.45, 2.75) is 39.8 Å². The number of aliphatic hydroxyl groups excluding tert-OH is 1. The van der Waals surface area contributed by atoms with E-state index in [2.05, 4.69) is 18.7 Å². The van der Waals surface area contributed by atoms with Crippen LogP contribution in [0.5, 0.6) is 11.5 Å². The largest absolute Gasteiger partial charge is 0.507 e. The number of likely N-dealkylation sites (tertiary alicyclic amines) is 1. The number of ether oxygens (including phenoxy) is 2. The first-order valence-electron chi connectivity index (χ1n) is 14.0. The van der Waals surface area contributed by atoms with Crippen molar-refractivity contribution in [3.8, 4) is 11.5 Å². The van der Waals surface area contributed by atoms with Crippen molar-refractivity contribution in [3.63, 3.8) is 0 Å². The van der Waals surface area contributed by atoms with Crippen LogP contribution in [0.25, 0.3) is 5.76 Å². The molecule has 1 atom stereocenters. The molecule has 1 saturated heterocycles. The molecule has 0 radical (unpaired) electrons. The molecule has 210 valence electrons. The van der Waals surface area contributed by atoms with Crippen molar-refractivity contribution >= 4 is 17.4 Å². The minimum atomic E-state index is -0.704. The van der Waals surface area contributed by atoms with E-state index in [9.17, 15) is 14.7 Å². The summed E-state index contributed by atoms with van der Waals surface area (Å²) in [6.07, 6.45) is 0.892. The van der Waals surface area contributed by atoms with Gasteiger partial charge in [0.25, 0.3) is 11.7 Å². The number of hydrogen-bond acceptors (Lipinski definition) is 6. The first-order chi connectivity index (χ1) is 19.5. The summed E-state index contributed by atoms with van der Waals surface area (Å²) in [6, 6.07) is 23.5. The summed E-state index contributed by atoms with van der Waals surface area (Å²) in [5.74, 6) is -0.128. The second-order valence-corrected chi connectivity index (χ2v) is 9.74. The molecular weight excluding hydrogens is 504 g/mol.